The average molecular weight is 322 g/mol. The Morgan fingerprint density at radius 2 is 1.25 bits per heavy atom. The Morgan fingerprint density at radius 1 is 0.833 bits per heavy atom. The molecule has 2 aromatic rings. The predicted molar refractivity (Wildman–Crippen MR) is 95.5 cm³/mol. The second-order valence-electron chi connectivity index (χ2n) is 5.14. The van der Waals surface area contributed by atoms with E-state index in [9.17, 15) is 0 Å². The maximum Gasteiger partial charge on any atom is 0.148 e. The standard InChI is InChI=1S/C20H22N2O2/c1-5-23-15(3)11-13-19-20(14-12-16(4)24-6-2)22-18-10-8-7-9-17(18)21-19/h7-10,15-16H,5-6H2,1-4H3/t15-,16+. The van der Waals surface area contributed by atoms with Crippen molar-refractivity contribution in [2.24, 2.45) is 0 Å². The van der Waals surface area contributed by atoms with E-state index < -0.39 is 0 Å². The molecule has 0 unspecified atom stereocenters. The molecule has 4 nitrogen and oxygen atoms in total. The van der Waals surface area contributed by atoms with Crippen LogP contribution < -0.4 is 0 Å². The quantitative estimate of drug-likeness (QED) is 0.811. The summed E-state index contributed by atoms with van der Waals surface area (Å²) in [5, 5.41) is 0. The molecule has 4 heteroatoms. The molecule has 0 aliphatic heterocycles. The summed E-state index contributed by atoms with van der Waals surface area (Å²) in [7, 11) is 0. The van der Waals surface area contributed by atoms with Gasteiger partial charge in [-0.25, -0.2) is 9.97 Å². The summed E-state index contributed by atoms with van der Waals surface area (Å²) >= 11 is 0. The van der Waals surface area contributed by atoms with Crippen LogP contribution in [-0.4, -0.2) is 35.4 Å². The molecule has 2 rings (SSSR count). The van der Waals surface area contributed by atoms with E-state index in [4.69, 9.17) is 9.47 Å². The van der Waals surface area contributed by atoms with Crippen molar-refractivity contribution >= 4 is 11.0 Å². The first kappa shape index (κ1) is 17.9. The molecule has 2 atom stereocenters. The van der Waals surface area contributed by atoms with E-state index in [0.29, 0.717) is 24.6 Å². The van der Waals surface area contributed by atoms with Gasteiger partial charge in [0.15, 0.2) is 0 Å². The van der Waals surface area contributed by atoms with Gasteiger partial charge in [0.2, 0.25) is 0 Å². The average Bonchev–Trinajstić information content (AvgIpc) is 2.58. The zero-order valence-electron chi connectivity index (χ0n) is 14.6. The first-order valence-electron chi connectivity index (χ1n) is 8.17. The number of aromatic nitrogens is 2. The van der Waals surface area contributed by atoms with Crippen LogP contribution in [0.25, 0.3) is 11.0 Å². The smallest absolute Gasteiger partial charge is 0.148 e. The number of para-hydroxylation sites is 2. The Bertz CT molecular complexity index is 740. The molecule has 0 aliphatic carbocycles. The number of rotatable bonds is 4. The van der Waals surface area contributed by atoms with Crippen molar-refractivity contribution in [1.82, 2.24) is 9.97 Å². The van der Waals surface area contributed by atoms with Crippen LogP contribution in [0.2, 0.25) is 0 Å². The van der Waals surface area contributed by atoms with Gasteiger partial charge in [0, 0.05) is 13.2 Å². The molecule has 0 aliphatic rings. The van der Waals surface area contributed by atoms with Crippen molar-refractivity contribution in [3.05, 3.63) is 35.7 Å². The first-order valence-corrected chi connectivity index (χ1v) is 8.17. The van der Waals surface area contributed by atoms with Gasteiger partial charge in [-0.2, -0.15) is 0 Å². The van der Waals surface area contributed by atoms with Crippen LogP contribution in [0, 0.1) is 23.7 Å². The van der Waals surface area contributed by atoms with Gasteiger partial charge in [-0.1, -0.05) is 24.0 Å². The van der Waals surface area contributed by atoms with E-state index in [1.165, 1.54) is 0 Å². The van der Waals surface area contributed by atoms with Gasteiger partial charge in [-0.05, 0) is 51.7 Å². The molecule has 124 valence electrons. The second kappa shape index (κ2) is 9.03. The SMILES string of the molecule is CCO[C@H](C)C#Cc1nc2ccccc2nc1C#C[C@H](C)OCC. The molecule has 0 radical (unpaired) electrons. The number of hydrogen-bond acceptors (Lipinski definition) is 4. The van der Waals surface area contributed by atoms with Crippen molar-refractivity contribution in [3.8, 4) is 23.7 Å². The summed E-state index contributed by atoms with van der Waals surface area (Å²) in [6.45, 7) is 8.95. The van der Waals surface area contributed by atoms with E-state index >= 15 is 0 Å². The minimum absolute atomic E-state index is 0.161. The molecule has 0 saturated heterocycles. The van der Waals surface area contributed by atoms with Gasteiger partial charge in [-0.15, -0.1) is 0 Å². The number of nitrogens with zero attached hydrogens (tertiary/aromatic N) is 2. The Kier molecular flexibility index (Phi) is 6.75. The lowest BCUT2D eigenvalue weighted by atomic mass is 10.2. The highest BCUT2D eigenvalue weighted by Gasteiger charge is 2.06. The minimum atomic E-state index is -0.161. The summed E-state index contributed by atoms with van der Waals surface area (Å²) < 4.78 is 10.9. The van der Waals surface area contributed by atoms with Gasteiger partial charge in [-0.3, -0.25) is 0 Å². The van der Waals surface area contributed by atoms with Crippen LogP contribution in [0.5, 0.6) is 0 Å². The summed E-state index contributed by atoms with van der Waals surface area (Å²) in [6.07, 6.45) is -0.321. The largest absolute Gasteiger partial charge is 0.366 e. The fourth-order valence-electron chi connectivity index (χ4n) is 2.10. The van der Waals surface area contributed by atoms with E-state index in [1.807, 2.05) is 52.0 Å². The van der Waals surface area contributed by atoms with Crippen LogP contribution >= 0.6 is 0 Å². The topological polar surface area (TPSA) is 44.2 Å². The van der Waals surface area contributed by atoms with Crippen LogP contribution in [-0.2, 0) is 9.47 Å². The molecule has 0 saturated carbocycles. The highest BCUT2D eigenvalue weighted by molar-refractivity contribution is 5.75. The predicted octanol–water partition coefficient (Wildman–Crippen LogP) is 3.18. The van der Waals surface area contributed by atoms with E-state index in [1.54, 1.807) is 0 Å². The van der Waals surface area contributed by atoms with Gasteiger partial charge >= 0.3 is 0 Å². The van der Waals surface area contributed by atoms with Gasteiger partial charge in [0.05, 0.1) is 11.0 Å². The number of benzene rings is 1. The van der Waals surface area contributed by atoms with Crippen molar-refractivity contribution in [2.45, 2.75) is 39.9 Å². The molecule has 1 aromatic carbocycles. The van der Waals surface area contributed by atoms with Crippen molar-refractivity contribution in [2.75, 3.05) is 13.2 Å². The van der Waals surface area contributed by atoms with Crippen LogP contribution in [0.15, 0.2) is 24.3 Å². The van der Waals surface area contributed by atoms with E-state index in [2.05, 4.69) is 33.6 Å². The van der Waals surface area contributed by atoms with E-state index in [-0.39, 0.29) is 12.2 Å². The van der Waals surface area contributed by atoms with Gasteiger partial charge in [0.1, 0.15) is 23.6 Å². The molecule has 1 aromatic heterocycles. The molecule has 1 heterocycles. The third kappa shape index (κ3) is 5.06. The van der Waals surface area contributed by atoms with Crippen molar-refractivity contribution in [1.29, 1.82) is 0 Å². The fourth-order valence-corrected chi connectivity index (χ4v) is 2.10. The summed E-state index contributed by atoms with van der Waals surface area (Å²) in [6, 6.07) is 7.69. The molecular formula is C20H22N2O2. The Hall–Kier alpha value is -2.40. The highest BCUT2D eigenvalue weighted by Crippen LogP contribution is 2.12. The minimum Gasteiger partial charge on any atom is -0.366 e. The van der Waals surface area contributed by atoms with Gasteiger partial charge < -0.3 is 9.47 Å². The van der Waals surface area contributed by atoms with Gasteiger partial charge in [0.25, 0.3) is 0 Å². The first-order chi connectivity index (χ1) is 11.6. The van der Waals surface area contributed by atoms with E-state index in [0.717, 1.165) is 11.0 Å². The number of hydrogen-bond donors (Lipinski definition) is 0. The molecule has 0 spiro atoms. The molecule has 0 bridgehead atoms. The van der Waals surface area contributed by atoms with Crippen LogP contribution in [0.3, 0.4) is 0 Å². The summed E-state index contributed by atoms with van der Waals surface area (Å²) in [5.74, 6) is 12.2. The maximum atomic E-state index is 5.44. The van der Waals surface area contributed by atoms with Crippen LogP contribution in [0.1, 0.15) is 39.1 Å². The fraction of sp³-hybridized carbons (Fsp3) is 0.400. The Morgan fingerprint density at radius 3 is 1.62 bits per heavy atom. The normalized spacial score (nSPS) is 12.7. The molecule has 24 heavy (non-hydrogen) atoms. The lowest BCUT2D eigenvalue weighted by Crippen LogP contribution is -2.05. The lowest BCUT2D eigenvalue weighted by Gasteiger charge is -2.04. The highest BCUT2D eigenvalue weighted by atomic mass is 16.5. The Labute approximate surface area is 143 Å². The second-order valence-corrected chi connectivity index (χ2v) is 5.14. The zero-order chi connectivity index (χ0) is 17.4. The van der Waals surface area contributed by atoms with Crippen molar-refractivity contribution in [3.63, 3.8) is 0 Å². The maximum absolute atomic E-state index is 5.44. The molecular weight excluding hydrogens is 300 g/mol. The summed E-state index contributed by atoms with van der Waals surface area (Å²) in [5.41, 5.74) is 2.73. The molecule has 0 N–H and O–H groups in total. The third-order valence-electron chi connectivity index (χ3n) is 3.19. The number of fused-ring (bicyclic) bond motifs is 1. The lowest BCUT2D eigenvalue weighted by molar-refractivity contribution is 0.116. The number of ether oxygens (including phenoxy) is 2. The zero-order valence-corrected chi connectivity index (χ0v) is 14.6. The van der Waals surface area contributed by atoms with Crippen molar-refractivity contribution < 1.29 is 9.47 Å². The molecule has 0 fully saturated rings. The summed E-state index contributed by atoms with van der Waals surface area (Å²) in [4.78, 5) is 9.19. The molecule has 0 amide bonds. The third-order valence-corrected chi connectivity index (χ3v) is 3.19. The Balaban J connectivity index is 2.43. The van der Waals surface area contributed by atoms with Crippen LogP contribution in [0.4, 0.5) is 0 Å². The monoisotopic (exact) mass is 322 g/mol.